The molecule has 2 aromatic heterocycles. The Kier molecular flexibility index (Phi) is 10.3. The van der Waals surface area contributed by atoms with Gasteiger partial charge >= 0.3 is 0 Å². The van der Waals surface area contributed by atoms with Crippen molar-refractivity contribution >= 4 is 64.7 Å². The van der Waals surface area contributed by atoms with Gasteiger partial charge < -0.3 is 9.88 Å². The van der Waals surface area contributed by atoms with E-state index in [0.717, 1.165) is 11.4 Å². The van der Waals surface area contributed by atoms with E-state index in [1.165, 1.54) is 81.0 Å². The third-order valence-corrected chi connectivity index (χ3v) is 11.2. The molecule has 0 unspecified atom stereocenters. The number of rotatable bonds is 6. The van der Waals surface area contributed by atoms with E-state index in [4.69, 9.17) is 0 Å². The number of para-hydroxylation sites is 2. The molecule has 0 radical (unpaired) electrons. The average molecular weight is 729 g/mol. The van der Waals surface area contributed by atoms with E-state index >= 15 is 0 Å². The lowest BCUT2D eigenvalue weighted by Gasteiger charge is -2.13. The minimum atomic E-state index is 1.07. The summed E-state index contributed by atoms with van der Waals surface area (Å²) >= 11 is 1.90. The number of hydrogen-bond acceptors (Lipinski definition) is 2. The van der Waals surface area contributed by atoms with Crippen molar-refractivity contribution in [3.05, 3.63) is 188 Å². The molecule has 10 aromatic rings. The topological polar surface area (TPSA) is 17.0 Å². The van der Waals surface area contributed by atoms with Crippen molar-refractivity contribution in [2.45, 2.75) is 27.7 Å². The van der Waals surface area contributed by atoms with E-state index in [2.05, 4.69) is 198 Å². The Hall–Kier alpha value is -6.42. The number of fused-ring (bicyclic) bond motifs is 7. The van der Waals surface area contributed by atoms with Crippen molar-refractivity contribution in [3.8, 4) is 39.1 Å². The zero-order chi connectivity index (χ0) is 37.7. The molecule has 8 aromatic carbocycles. The Morgan fingerprint density at radius 2 is 1.04 bits per heavy atom. The Bertz CT molecular complexity index is 2860. The van der Waals surface area contributed by atoms with Crippen LogP contribution in [0.5, 0.6) is 0 Å². The zero-order valence-corrected chi connectivity index (χ0v) is 32.6. The standard InChI is InChI=1S/C48H32N2S.2C2H6/c1-3-12-32(13-4-1)33-22-25-38(26-23-33)50-44-21-10-8-19-41(44)47-45(50)28-27-40-42-31-36(24-29-46(42)51-48(40)47)35-16-11-17-37(30-35)49-43-20-9-7-18-39(43)34-14-5-2-6-15-34;2*1-2/h1-31,49H;2*1-2H3. The normalized spacial score (nSPS) is 10.9. The van der Waals surface area contributed by atoms with Crippen molar-refractivity contribution in [2.75, 3.05) is 5.32 Å². The third-order valence-electron chi connectivity index (χ3n) is 9.99. The second-order valence-electron chi connectivity index (χ2n) is 13.0. The number of benzene rings is 8. The number of anilines is 2. The molecule has 0 fully saturated rings. The van der Waals surface area contributed by atoms with Crippen LogP contribution in [-0.2, 0) is 0 Å². The molecule has 10 rings (SSSR count). The van der Waals surface area contributed by atoms with Crippen LogP contribution in [0.25, 0.3) is 81.0 Å². The first-order valence-corrected chi connectivity index (χ1v) is 20.2. The highest BCUT2D eigenvalue weighted by atomic mass is 32.1. The Balaban J connectivity index is 0.00000104. The van der Waals surface area contributed by atoms with E-state index in [1.54, 1.807) is 0 Å². The quantitative estimate of drug-likeness (QED) is 0.180. The highest BCUT2D eigenvalue weighted by Gasteiger charge is 2.18. The van der Waals surface area contributed by atoms with Gasteiger partial charge in [-0.1, -0.05) is 161 Å². The van der Waals surface area contributed by atoms with E-state index in [9.17, 15) is 0 Å². The van der Waals surface area contributed by atoms with Gasteiger partial charge in [0.05, 0.1) is 11.0 Å². The first-order valence-electron chi connectivity index (χ1n) is 19.3. The number of nitrogens with one attached hydrogen (secondary N) is 1. The third kappa shape index (κ3) is 6.69. The molecular weight excluding hydrogens is 685 g/mol. The van der Waals surface area contributed by atoms with Gasteiger partial charge in [-0.15, -0.1) is 11.3 Å². The van der Waals surface area contributed by atoms with Crippen LogP contribution in [0.3, 0.4) is 0 Å². The fourth-order valence-electron chi connectivity index (χ4n) is 7.57. The van der Waals surface area contributed by atoms with Gasteiger partial charge in [0.25, 0.3) is 0 Å². The van der Waals surface area contributed by atoms with Gasteiger partial charge in [0.15, 0.2) is 0 Å². The van der Waals surface area contributed by atoms with E-state index in [1.807, 2.05) is 39.0 Å². The van der Waals surface area contributed by atoms with Crippen LogP contribution in [0.15, 0.2) is 188 Å². The summed E-state index contributed by atoms with van der Waals surface area (Å²) in [5, 5.41) is 8.91. The van der Waals surface area contributed by atoms with Crippen LogP contribution in [0.2, 0.25) is 0 Å². The van der Waals surface area contributed by atoms with Crippen molar-refractivity contribution in [2.24, 2.45) is 0 Å². The summed E-state index contributed by atoms with van der Waals surface area (Å²) in [5.74, 6) is 0. The summed E-state index contributed by atoms with van der Waals surface area (Å²) in [7, 11) is 0. The highest BCUT2D eigenvalue weighted by Crippen LogP contribution is 2.44. The lowest BCUT2D eigenvalue weighted by molar-refractivity contribution is 1.18. The number of hydrogen-bond donors (Lipinski definition) is 1. The largest absolute Gasteiger partial charge is 0.355 e. The molecule has 1 N–H and O–H groups in total. The van der Waals surface area contributed by atoms with Crippen molar-refractivity contribution in [1.82, 2.24) is 4.57 Å². The Morgan fingerprint density at radius 1 is 0.418 bits per heavy atom. The molecular formula is C52H44N2S. The zero-order valence-electron chi connectivity index (χ0n) is 31.8. The SMILES string of the molecule is CC.CC.c1ccc(-c2ccc(-n3c4ccccc4c4c5sc6ccc(-c7cccc(Nc8ccccc8-c8ccccc8)c7)cc6c5ccc43)cc2)cc1. The average Bonchev–Trinajstić information content (AvgIpc) is 3.81. The maximum Gasteiger partial charge on any atom is 0.0555 e. The molecule has 0 aliphatic heterocycles. The second kappa shape index (κ2) is 15.9. The minimum Gasteiger partial charge on any atom is -0.355 e. The smallest absolute Gasteiger partial charge is 0.0555 e. The van der Waals surface area contributed by atoms with Gasteiger partial charge in [-0.2, -0.15) is 0 Å². The van der Waals surface area contributed by atoms with E-state index in [0.29, 0.717) is 0 Å². The van der Waals surface area contributed by atoms with E-state index < -0.39 is 0 Å². The van der Waals surface area contributed by atoms with Crippen molar-refractivity contribution < 1.29 is 0 Å². The molecule has 0 spiro atoms. The summed E-state index contributed by atoms with van der Waals surface area (Å²) in [5.41, 5.74) is 13.0. The Morgan fingerprint density at radius 3 is 1.82 bits per heavy atom. The molecule has 0 saturated carbocycles. The van der Waals surface area contributed by atoms with Crippen molar-refractivity contribution in [1.29, 1.82) is 0 Å². The molecule has 0 saturated heterocycles. The lowest BCUT2D eigenvalue weighted by Crippen LogP contribution is -1.93. The van der Waals surface area contributed by atoms with Crippen LogP contribution < -0.4 is 5.32 Å². The molecule has 0 aliphatic carbocycles. The summed E-state index contributed by atoms with van der Waals surface area (Å²) in [4.78, 5) is 0. The van der Waals surface area contributed by atoms with Crippen LogP contribution in [0.1, 0.15) is 27.7 Å². The fourth-order valence-corrected chi connectivity index (χ4v) is 8.81. The van der Waals surface area contributed by atoms with E-state index in [-0.39, 0.29) is 0 Å². The van der Waals surface area contributed by atoms with Gasteiger partial charge in [0, 0.05) is 53.6 Å². The number of thiophene rings is 1. The first-order chi connectivity index (χ1) is 27.3. The molecule has 0 amide bonds. The van der Waals surface area contributed by atoms with Crippen LogP contribution in [0, 0.1) is 0 Å². The fraction of sp³-hybridized carbons (Fsp3) is 0.0769. The number of aromatic nitrogens is 1. The van der Waals surface area contributed by atoms with Gasteiger partial charge in [-0.25, -0.2) is 0 Å². The lowest BCUT2D eigenvalue weighted by atomic mass is 10.0. The molecule has 3 heteroatoms. The van der Waals surface area contributed by atoms with Crippen molar-refractivity contribution in [3.63, 3.8) is 0 Å². The van der Waals surface area contributed by atoms with Crippen LogP contribution in [-0.4, -0.2) is 4.57 Å². The van der Waals surface area contributed by atoms with Gasteiger partial charge in [-0.05, 0) is 82.4 Å². The number of nitrogens with zero attached hydrogens (tertiary/aromatic N) is 1. The maximum atomic E-state index is 3.71. The predicted molar refractivity (Wildman–Crippen MR) is 242 cm³/mol. The molecule has 2 nitrogen and oxygen atoms in total. The maximum absolute atomic E-state index is 3.71. The minimum absolute atomic E-state index is 1.07. The highest BCUT2D eigenvalue weighted by molar-refractivity contribution is 7.26. The second-order valence-corrected chi connectivity index (χ2v) is 14.1. The molecule has 268 valence electrons. The van der Waals surface area contributed by atoms with Gasteiger partial charge in [0.1, 0.15) is 0 Å². The summed E-state index contributed by atoms with van der Waals surface area (Å²) in [6, 6.07) is 67.8. The molecule has 2 heterocycles. The molecule has 0 bridgehead atoms. The summed E-state index contributed by atoms with van der Waals surface area (Å²) in [6.07, 6.45) is 0. The summed E-state index contributed by atoms with van der Waals surface area (Å²) < 4.78 is 5.06. The van der Waals surface area contributed by atoms with Gasteiger partial charge in [-0.3, -0.25) is 0 Å². The first kappa shape index (κ1) is 35.6. The molecule has 0 atom stereocenters. The summed E-state index contributed by atoms with van der Waals surface area (Å²) in [6.45, 7) is 8.00. The Labute approximate surface area is 328 Å². The molecule has 55 heavy (non-hydrogen) atoms. The monoisotopic (exact) mass is 728 g/mol. The van der Waals surface area contributed by atoms with Crippen LogP contribution >= 0.6 is 11.3 Å². The molecule has 0 aliphatic rings. The predicted octanol–water partition coefficient (Wildman–Crippen LogP) is 15.9. The van der Waals surface area contributed by atoms with Gasteiger partial charge in [0.2, 0.25) is 0 Å². The van der Waals surface area contributed by atoms with Crippen LogP contribution in [0.4, 0.5) is 11.4 Å².